The minimum Gasteiger partial charge on any atom is -0.466 e. The van der Waals surface area contributed by atoms with E-state index in [2.05, 4.69) is 17.2 Å². The number of hydrogen-bond acceptors (Lipinski definition) is 3. The lowest BCUT2D eigenvalue weighted by atomic mass is 10.1. The molecule has 0 saturated carbocycles. The fourth-order valence-electron chi connectivity index (χ4n) is 3.67. The Bertz CT molecular complexity index is 1180. The lowest BCUT2D eigenvalue weighted by molar-refractivity contribution is 0.0670. The number of carbonyl (C=O) groups excluding carboxylic acids is 2. The molecule has 2 aromatic carbocycles. The average Bonchev–Trinajstić information content (AvgIpc) is 3.16. The van der Waals surface area contributed by atoms with E-state index in [-0.39, 0.29) is 11.9 Å². The van der Waals surface area contributed by atoms with E-state index in [1.165, 1.54) is 0 Å². The van der Waals surface area contributed by atoms with Gasteiger partial charge in [-0.3, -0.25) is 4.79 Å². The molecule has 1 saturated heterocycles. The normalized spacial score (nSPS) is 13.3. The third-order valence-corrected chi connectivity index (χ3v) is 5.36. The topological polar surface area (TPSA) is 65.8 Å². The van der Waals surface area contributed by atoms with Crippen molar-refractivity contribution < 1.29 is 14.0 Å². The highest BCUT2D eigenvalue weighted by atomic mass is 16.3. The molecular formula is C26H25N3O3. The monoisotopic (exact) mass is 427 g/mol. The third kappa shape index (κ3) is 5.01. The molecule has 32 heavy (non-hydrogen) atoms. The molecular weight excluding hydrogens is 402 g/mol. The van der Waals surface area contributed by atoms with Crippen LogP contribution >= 0.6 is 0 Å². The van der Waals surface area contributed by atoms with Crippen LogP contribution in [-0.2, 0) is 0 Å². The molecule has 1 aromatic heterocycles. The summed E-state index contributed by atoms with van der Waals surface area (Å²) in [6.07, 6.45) is 0. The highest BCUT2D eigenvalue weighted by molar-refractivity contribution is 5.95. The molecule has 2 heterocycles. The van der Waals surface area contributed by atoms with Gasteiger partial charge in [-0.25, -0.2) is 4.79 Å². The van der Waals surface area contributed by atoms with Gasteiger partial charge in [-0.05, 0) is 50.2 Å². The smallest absolute Gasteiger partial charge is 0.321 e. The molecule has 6 heteroatoms. The second kappa shape index (κ2) is 9.44. The molecule has 0 spiro atoms. The van der Waals surface area contributed by atoms with E-state index in [1.807, 2.05) is 61.5 Å². The van der Waals surface area contributed by atoms with Crippen molar-refractivity contribution in [3.8, 4) is 11.8 Å². The van der Waals surface area contributed by atoms with Gasteiger partial charge in [0.15, 0.2) is 0 Å². The Labute approximate surface area is 187 Å². The molecule has 0 atom stereocenters. The first-order chi connectivity index (χ1) is 15.5. The maximum Gasteiger partial charge on any atom is 0.321 e. The molecule has 0 bridgehead atoms. The van der Waals surface area contributed by atoms with Gasteiger partial charge in [-0.2, -0.15) is 0 Å². The first-order valence-corrected chi connectivity index (χ1v) is 10.6. The quantitative estimate of drug-likeness (QED) is 0.621. The Kier molecular flexibility index (Phi) is 6.27. The van der Waals surface area contributed by atoms with Crippen LogP contribution in [0, 0.1) is 25.7 Å². The van der Waals surface area contributed by atoms with Gasteiger partial charge in [0.25, 0.3) is 5.91 Å². The standard InChI is InChI=1S/C26H25N3O3/c1-19-17-24(20(2)32-19)25(30)28-13-15-29(16-14-28)26(31)27-23-10-6-9-22(18-23)12-11-21-7-4-3-5-8-21/h3-10,17-18H,13-16H2,1-2H3,(H,27,31). The van der Waals surface area contributed by atoms with Gasteiger partial charge >= 0.3 is 6.03 Å². The number of nitrogens with zero attached hydrogens (tertiary/aromatic N) is 2. The molecule has 6 nitrogen and oxygen atoms in total. The average molecular weight is 428 g/mol. The van der Waals surface area contributed by atoms with Crippen LogP contribution in [0.2, 0.25) is 0 Å². The molecule has 1 fully saturated rings. The predicted octanol–water partition coefficient (Wildman–Crippen LogP) is 4.29. The van der Waals surface area contributed by atoms with Gasteiger partial charge in [0.1, 0.15) is 11.5 Å². The summed E-state index contributed by atoms with van der Waals surface area (Å²) in [5, 5.41) is 2.94. The van der Waals surface area contributed by atoms with E-state index in [0.29, 0.717) is 43.2 Å². The van der Waals surface area contributed by atoms with Crippen LogP contribution in [0.5, 0.6) is 0 Å². The highest BCUT2D eigenvalue weighted by Crippen LogP contribution is 2.18. The van der Waals surface area contributed by atoms with E-state index in [4.69, 9.17) is 4.42 Å². The minimum atomic E-state index is -0.180. The molecule has 4 rings (SSSR count). The van der Waals surface area contributed by atoms with Gasteiger partial charge in [0.05, 0.1) is 5.56 Å². The van der Waals surface area contributed by atoms with Crippen molar-refractivity contribution >= 4 is 17.6 Å². The highest BCUT2D eigenvalue weighted by Gasteiger charge is 2.26. The molecule has 3 amide bonds. The zero-order valence-corrected chi connectivity index (χ0v) is 18.2. The summed E-state index contributed by atoms with van der Waals surface area (Å²) in [4.78, 5) is 28.9. The number of hydrogen-bond donors (Lipinski definition) is 1. The summed E-state index contributed by atoms with van der Waals surface area (Å²) >= 11 is 0. The largest absolute Gasteiger partial charge is 0.466 e. The zero-order valence-electron chi connectivity index (χ0n) is 18.2. The summed E-state index contributed by atoms with van der Waals surface area (Å²) in [7, 11) is 0. The number of amides is 3. The number of nitrogens with one attached hydrogen (secondary N) is 1. The lowest BCUT2D eigenvalue weighted by Crippen LogP contribution is -2.51. The third-order valence-electron chi connectivity index (χ3n) is 5.36. The van der Waals surface area contributed by atoms with Gasteiger partial charge in [0, 0.05) is 43.0 Å². The summed E-state index contributed by atoms with van der Waals surface area (Å²) in [5.41, 5.74) is 3.05. The fraction of sp³-hybridized carbons (Fsp3) is 0.231. The van der Waals surface area contributed by atoms with Gasteiger partial charge in [0.2, 0.25) is 0 Å². The number of urea groups is 1. The number of piperazine rings is 1. The van der Waals surface area contributed by atoms with Crippen LogP contribution in [0.4, 0.5) is 10.5 Å². The van der Waals surface area contributed by atoms with Crippen molar-refractivity contribution in [1.29, 1.82) is 0 Å². The van der Waals surface area contributed by atoms with Crippen molar-refractivity contribution in [2.45, 2.75) is 13.8 Å². The van der Waals surface area contributed by atoms with Crippen molar-refractivity contribution in [1.82, 2.24) is 9.80 Å². The van der Waals surface area contributed by atoms with Crippen LogP contribution in [0.15, 0.2) is 65.1 Å². The van der Waals surface area contributed by atoms with Crippen molar-refractivity contribution in [3.63, 3.8) is 0 Å². The second-order valence-corrected chi connectivity index (χ2v) is 7.73. The van der Waals surface area contributed by atoms with Crippen LogP contribution in [0.3, 0.4) is 0 Å². The molecule has 1 aliphatic heterocycles. The predicted molar refractivity (Wildman–Crippen MR) is 124 cm³/mol. The first kappa shape index (κ1) is 21.3. The summed E-state index contributed by atoms with van der Waals surface area (Å²) in [5.74, 6) is 7.55. The number of rotatable bonds is 2. The van der Waals surface area contributed by atoms with Gasteiger partial charge in [-0.1, -0.05) is 36.1 Å². The molecule has 162 valence electrons. The van der Waals surface area contributed by atoms with Crippen LogP contribution in [0.25, 0.3) is 0 Å². The second-order valence-electron chi connectivity index (χ2n) is 7.73. The maximum absolute atomic E-state index is 12.7. The van der Waals surface area contributed by atoms with Gasteiger partial charge in [-0.15, -0.1) is 0 Å². The van der Waals surface area contributed by atoms with Crippen LogP contribution < -0.4 is 5.32 Å². The Morgan fingerprint density at radius 3 is 2.19 bits per heavy atom. The van der Waals surface area contributed by atoms with E-state index < -0.39 is 0 Å². The molecule has 0 radical (unpaired) electrons. The maximum atomic E-state index is 12.7. The Morgan fingerprint density at radius 1 is 0.844 bits per heavy atom. The number of furan rings is 1. The fourth-order valence-corrected chi connectivity index (χ4v) is 3.67. The van der Waals surface area contributed by atoms with E-state index in [0.717, 1.165) is 16.9 Å². The number of aryl methyl sites for hydroxylation is 2. The van der Waals surface area contributed by atoms with E-state index in [9.17, 15) is 9.59 Å². The van der Waals surface area contributed by atoms with Crippen molar-refractivity contribution in [3.05, 3.63) is 88.9 Å². The van der Waals surface area contributed by atoms with Crippen molar-refractivity contribution in [2.75, 3.05) is 31.5 Å². The number of carbonyl (C=O) groups is 2. The summed E-state index contributed by atoms with van der Waals surface area (Å²) < 4.78 is 5.47. The lowest BCUT2D eigenvalue weighted by Gasteiger charge is -2.34. The molecule has 0 aliphatic carbocycles. The zero-order chi connectivity index (χ0) is 22.5. The molecule has 0 unspecified atom stereocenters. The van der Waals surface area contributed by atoms with E-state index in [1.54, 1.807) is 22.8 Å². The molecule has 3 aromatic rings. The summed E-state index contributed by atoms with van der Waals surface area (Å²) in [6.45, 7) is 5.54. The minimum absolute atomic E-state index is 0.0518. The molecule has 1 N–H and O–H groups in total. The Morgan fingerprint density at radius 2 is 1.50 bits per heavy atom. The molecule has 1 aliphatic rings. The number of benzene rings is 2. The number of anilines is 1. The van der Waals surface area contributed by atoms with E-state index >= 15 is 0 Å². The summed E-state index contributed by atoms with van der Waals surface area (Å²) in [6, 6.07) is 18.8. The SMILES string of the molecule is Cc1cc(C(=O)N2CCN(C(=O)Nc3cccc(C#Cc4ccccc4)c3)CC2)c(C)o1. The van der Waals surface area contributed by atoms with Crippen LogP contribution in [-0.4, -0.2) is 47.9 Å². The first-order valence-electron chi connectivity index (χ1n) is 10.6. The Balaban J connectivity index is 1.34. The Hall–Kier alpha value is -3.98. The van der Waals surface area contributed by atoms with Gasteiger partial charge < -0.3 is 19.5 Å². The van der Waals surface area contributed by atoms with Crippen molar-refractivity contribution in [2.24, 2.45) is 0 Å². The van der Waals surface area contributed by atoms with Crippen LogP contribution in [0.1, 0.15) is 33.0 Å².